The van der Waals surface area contributed by atoms with Gasteiger partial charge in [-0.15, -0.1) is 0 Å². The van der Waals surface area contributed by atoms with Gasteiger partial charge in [-0.3, -0.25) is 10.1 Å². The number of nitro benzene ring substituents is 1. The minimum absolute atomic E-state index is 0.00490. The van der Waals surface area contributed by atoms with Crippen LogP contribution in [0, 0.1) is 10.1 Å². The van der Waals surface area contributed by atoms with E-state index < -0.39 is 17.0 Å². The molecule has 0 saturated carbocycles. The third-order valence-corrected chi connectivity index (χ3v) is 3.16. The van der Waals surface area contributed by atoms with Crippen molar-refractivity contribution in [2.75, 3.05) is 7.11 Å². The number of carboxylic acids is 1. The standard InChI is InChI=1S/C16H15NO6/c1-22-13-7-2-3-8-14(13)23-15(16(18)19)10-11-5-4-6-12(9-11)17(20)21/h2-9,15H,10H2,1H3,(H,18,19). The van der Waals surface area contributed by atoms with Crippen molar-refractivity contribution in [3.8, 4) is 11.5 Å². The minimum Gasteiger partial charge on any atom is -0.493 e. The van der Waals surface area contributed by atoms with Crippen molar-refractivity contribution in [3.05, 3.63) is 64.2 Å². The molecule has 0 aliphatic heterocycles. The molecule has 0 saturated heterocycles. The molecular formula is C16H15NO6. The lowest BCUT2D eigenvalue weighted by molar-refractivity contribution is -0.384. The monoisotopic (exact) mass is 317 g/mol. The predicted molar refractivity (Wildman–Crippen MR) is 81.8 cm³/mol. The number of non-ortho nitro benzene ring substituents is 1. The number of nitrogens with zero attached hydrogens (tertiary/aromatic N) is 1. The fraction of sp³-hybridized carbons (Fsp3) is 0.188. The van der Waals surface area contributed by atoms with Gasteiger partial charge in [-0.05, 0) is 17.7 Å². The molecule has 7 nitrogen and oxygen atoms in total. The molecule has 2 aromatic carbocycles. The van der Waals surface area contributed by atoms with Crippen molar-refractivity contribution in [2.24, 2.45) is 0 Å². The largest absolute Gasteiger partial charge is 0.493 e. The molecule has 0 aliphatic rings. The predicted octanol–water partition coefficient (Wildman–Crippen LogP) is 2.68. The summed E-state index contributed by atoms with van der Waals surface area (Å²) in [6, 6.07) is 12.5. The third kappa shape index (κ3) is 4.19. The molecule has 23 heavy (non-hydrogen) atoms. The van der Waals surface area contributed by atoms with Gasteiger partial charge in [0.25, 0.3) is 5.69 Å². The Morgan fingerprint density at radius 2 is 1.91 bits per heavy atom. The van der Waals surface area contributed by atoms with E-state index in [-0.39, 0.29) is 12.1 Å². The Hall–Kier alpha value is -3.09. The van der Waals surface area contributed by atoms with Gasteiger partial charge in [0.15, 0.2) is 17.6 Å². The molecule has 0 spiro atoms. The van der Waals surface area contributed by atoms with Crippen LogP contribution in [0.5, 0.6) is 11.5 Å². The Labute approximate surface area is 132 Å². The van der Waals surface area contributed by atoms with Crippen LogP contribution in [-0.2, 0) is 11.2 Å². The molecule has 0 heterocycles. The first-order valence-corrected chi connectivity index (χ1v) is 6.77. The number of para-hydroxylation sites is 2. The van der Waals surface area contributed by atoms with Crippen LogP contribution < -0.4 is 9.47 Å². The van der Waals surface area contributed by atoms with E-state index in [2.05, 4.69) is 0 Å². The lowest BCUT2D eigenvalue weighted by atomic mass is 10.1. The summed E-state index contributed by atoms with van der Waals surface area (Å²) < 4.78 is 10.6. The number of benzene rings is 2. The van der Waals surface area contributed by atoms with Gasteiger partial charge in [0.1, 0.15) is 0 Å². The number of rotatable bonds is 7. The van der Waals surface area contributed by atoms with E-state index >= 15 is 0 Å². The average Bonchev–Trinajstić information content (AvgIpc) is 2.54. The van der Waals surface area contributed by atoms with Gasteiger partial charge < -0.3 is 14.6 Å². The second kappa shape index (κ2) is 7.26. The quantitative estimate of drug-likeness (QED) is 0.622. The molecule has 1 atom stereocenters. The molecule has 0 radical (unpaired) electrons. The van der Waals surface area contributed by atoms with Crippen LogP contribution in [0.25, 0.3) is 0 Å². The van der Waals surface area contributed by atoms with Crippen LogP contribution >= 0.6 is 0 Å². The minimum atomic E-state index is -1.19. The highest BCUT2D eigenvalue weighted by atomic mass is 16.6. The van der Waals surface area contributed by atoms with Gasteiger partial charge >= 0.3 is 5.97 Å². The zero-order chi connectivity index (χ0) is 16.8. The van der Waals surface area contributed by atoms with Crippen LogP contribution in [0.2, 0.25) is 0 Å². The van der Waals surface area contributed by atoms with E-state index in [0.29, 0.717) is 17.1 Å². The Bertz CT molecular complexity index is 715. The van der Waals surface area contributed by atoms with Crippen molar-refractivity contribution < 1.29 is 24.3 Å². The molecule has 0 aliphatic carbocycles. The number of carbonyl (C=O) groups is 1. The first-order chi connectivity index (χ1) is 11.0. The number of ether oxygens (including phenoxy) is 2. The van der Waals surface area contributed by atoms with Crippen molar-refractivity contribution in [1.29, 1.82) is 0 Å². The Kier molecular flexibility index (Phi) is 5.14. The second-order valence-electron chi connectivity index (χ2n) is 4.73. The van der Waals surface area contributed by atoms with Gasteiger partial charge in [-0.1, -0.05) is 24.3 Å². The first-order valence-electron chi connectivity index (χ1n) is 6.77. The molecule has 2 aromatic rings. The van der Waals surface area contributed by atoms with Crippen molar-refractivity contribution in [2.45, 2.75) is 12.5 Å². The number of nitro groups is 1. The summed E-state index contributed by atoms with van der Waals surface area (Å²) in [6.45, 7) is 0. The fourth-order valence-electron chi connectivity index (χ4n) is 2.06. The molecule has 1 N–H and O–H groups in total. The number of hydrogen-bond acceptors (Lipinski definition) is 5. The topological polar surface area (TPSA) is 98.9 Å². The van der Waals surface area contributed by atoms with E-state index in [1.807, 2.05) is 0 Å². The van der Waals surface area contributed by atoms with Gasteiger partial charge in [0, 0.05) is 18.6 Å². The van der Waals surface area contributed by atoms with Crippen LogP contribution in [0.3, 0.4) is 0 Å². The molecule has 120 valence electrons. The van der Waals surface area contributed by atoms with E-state index in [0.717, 1.165) is 0 Å². The van der Waals surface area contributed by atoms with Crippen LogP contribution in [0.4, 0.5) is 5.69 Å². The molecule has 0 amide bonds. The average molecular weight is 317 g/mol. The van der Waals surface area contributed by atoms with Crippen molar-refractivity contribution >= 4 is 11.7 Å². The maximum absolute atomic E-state index is 11.4. The van der Waals surface area contributed by atoms with Gasteiger partial charge in [-0.25, -0.2) is 4.79 Å². The first kappa shape index (κ1) is 16.3. The zero-order valence-corrected chi connectivity index (χ0v) is 12.3. The summed E-state index contributed by atoms with van der Waals surface area (Å²) in [5.74, 6) is -0.451. The Morgan fingerprint density at radius 1 is 1.22 bits per heavy atom. The van der Waals surface area contributed by atoms with Crippen LogP contribution in [0.15, 0.2) is 48.5 Å². The summed E-state index contributed by atoms with van der Waals surface area (Å²) in [6.07, 6.45) is -1.19. The lowest BCUT2D eigenvalue weighted by Crippen LogP contribution is -2.29. The molecule has 0 fully saturated rings. The summed E-state index contributed by atoms with van der Waals surface area (Å²) in [5.41, 5.74) is 0.408. The number of carboxylic acid groups (broad SMARTS) is 1. The molecule has 2 rings (SSSR count). The second-order valence-corrected chi connectivity index (χ2v) is 4.73. The highest BCUT2D eigenvalue weighted by Gasteiger charge is 2.22. The normalized spacial score (nSPS) is 11.5. The van der Waals surface area contributed by atoms with E-state index in [1.54, 1.807) is 30.3 Å². The van der Waals surface area contributed by atoms with Gasteiger partial charge in [-0.2, -0.15) is 0 Å². The SMILES string of the molecule is COc1ccccc1OC(Cc1cccc([N+](=O)[O-])c1)C(=O)O. The van der Waals surface area contributed by atoms with E-state index in [1.165, 1.54) is 25.3 Å². The summed E-state index contributed by atoms with van der Waals surface area (Å²) >= 11 is 0. The van der Waals surface area contributed by atoms with Crippen molar-refractivity contribution in [1.82, 2.24) is 0 Å². The molecule has 7 heteroatoms. The van der Waals surface area contributed by atoms with Gasteiger partial charge in [0.05, 0.1) is 12.0 Å². The lowest BCUT2D eigenvalue weighted by Gasteiger charge is -2.17. The third-order valence-electron chi connectivity index (χ3n) is 3.16. The molecular weight excluding hydrogens is 302 g/mol. The van der Waals surface area contributed by atoms with E-state index in [9.17, 15) is 20.0 Å². The van der Waals surface area contributed by atoms with Gasteiger partial charge in [0.2, 0.25) is 0 Å². The molecule has 0 aromatic heterocycles. The number of hydrogen-bond donors (Lipinski definition) is 1. The maximum atomic E-state index is 11.4. The highest BCUT2D eigenvalue weighted by Crippen LogP contribution is 2.27. The Morgan fingerprint density at radius 3 is 2.52 bits per heavy atom. The summed E-state index contributed by atoms with van der Waals surface area (Å²) in [4.78, 5) is 21.7. The maximum Gasteiger partial charge on any atom is 0.345 e. The smallest absolute Gasteiger partial charge is 0.345 e. The summed E-state index contributed by atoms with van der Waals surface area (Å²) in [7, 11) is 1.46. The fourth-order valence-corrected chi connectivity index (χ4v) is 2.06. The number of methoxy groups -OCH3 is 1. The van der Waals surface area contributed by atoms with Crippen molar-refractivity contribution in [3.63, 3.8) is 0 Å². The van der Waals surface area contributed by atoms with E-state index in [4.69, 9.17) is 9.47 Å². The zero-order valence-electron chi connectivity index (χ0n) is 12.3. The molecule has 1 unspecified atom stereocenters. The highest BCUT2D eigenvalue weighted by molar-refractivity contribution is 5.73. The Balaban J connectivity index is 2.21. The number of aliphatic carboxylic acids is 1. The van der Waals surface area contributed by atoms with Crippen LogP contribution in [-0.4, -0.2) is 29.2 Å². The molecule has 0 bridgehead atoms. The summed E-state index contributed by atoms with van der Waals surface area (Å²) in [5, 5.41) is 20.1. The van der Waals surface area contributed by atoms with Crippen LogP contribution in [0.1, 0.15) is 5.56 Å².